The van der Waals surface area contributed by atoms with E-state index < -0.39 is 0 Å². The number of rotatable bonds is 6. The molecule has 1 aliphatic heterocycles. The molecule has 0 radical (unpaired) electrons. The number of amides is 2. The third kappa shape index (κ3) is 4.82. The fourth-order valence-electron chi connectivity index (χ4n) is 2.79. The number of piperidine rings is 1. The predicted octanol–water partition coefficient (Wildman–Crippen LogP) is 2.81. The average Bonchev–Trinajstić information content (AvgIpc) is 3.04. The van der Waals surface area contributed by atoms with Crippen LogP contribution >= 0.6 is 0 Å². The van der Waals surface area contributed by atoms with Crippen LogP contribution in [0.2, 0.25) is 0 Å². The first kappa shape index (κ1) is 18.5. The third-order valence-electron chi connectivity index (χ3n) is 4.50. The summed E-state index contributed by atoms with van der Waals surface area (Å²) in [5.41, 5.74) is 0.790. The molecule has 0 aromatic carbocycles. The largest absolute Gasteiger partial charge is 0.356 e. The minimum Gasteiger partial charge on any atom is -0.356 e. The molecule has 6 nitrogen and oxygen atoms in total. The summed E-state index contributed by atoms with van der Waals surface area (Å²) < 4.78 is 5.17. The van der Waals surface area contributed by atoms with Gasteiger partial charge in [-0.25, -0.2) is 0 Å². The van der Waals surface area contributed by atoms with Crippen molar-refractivity contribution in [1.82, 2.24) is 15.4 Å². The maximum absolute atomic E-state index is 12.5. The minimum atomic E-state index is -0.131. The Hall–Kier alpha value is -1.85. The van der Waals surface area contributed by atoms with Crippen LogP contribution in [0.5, 0.6) is 0 Å². The molecule has 0 atom stereocenters. The Morgan fingerprint density at radius 2 is 1.96 bits per heavy atom. The highest BCUT2D eigenvalue weighted by atomic mass is 16.5. The van der Waals surface area contributed by atoms with Crippen molar-refractivity contribution >= 4 is 11.8 Å². The predicted molar refractivity (Wildman–Crippen MR) is 91.7 cm³/mol. The van der Waals surface area contributed by atoms with Gasteiger partial charge in [0.1, 0.15) is 0 Å². The van der Waals surface area contributed by atoms with E-state index >= 15 is 0 Å². The minimum absolute atomic E-state index is 0.00200. The van der Waals surface area contributed by atoms with Crippen LogP contribution in [-0.2, 0) is 4.79 Å². The molecule has 0 bridgehead atoms. The number of nitrogens with one attached hydrogen (secondary N) is 1. The van der Waals surface area contributed by atoms with E-state index in [2.05, 4.69) is 24.3 Å². The van der Waals surface area contributed by atoms with E-state index in [9.17, 15) is 9.59 Å². The molecule has 0 saturated carbocycles. The number of likely N-dealkylation sites (tertiary alicyclic amines) is 1. The molecule has 6 heteroatoms. The number of carbonyl (C=O) groups excluding carboxylic acids is 2. The molecule has 1 saturated heterocycles. The van der Waals surface area contributed by atoms with E-state index in [4.69, 9.17) is 4.52 Å². The summed E-state index contributed by atoms with van der Waals surface area (Å²) in [6, 6.07) is 1.72. The second-order valence-corrected chi connectivity index (χ2v) is 7.31. The molecule has 0 aliphatic carbocycles. The molecule has 1 fully saturated rings. The second kappa shape index (κ2) is 8.31. The molecule has 24 heavy (non-hydrogen) atoms. The topological polar surface area (TPSA) is 75.4 Å². The molecule has 0 unspecified atom stereocenters. The lowest BCUT2D eigenvalue weighted by Crippen LogP contribution is -2.43. The van der Waals surface area contributed by atoms with Crippen LogP contribution in [0.3, 0.4) is 0 Å². The van der Waals surface area contributed by atoms with Crippen molar-refractivity contribution in [3.05, 3.63) is 17.5 Å². The second-order valence-electron chi connectivity index (χ2n) is 7.31. The van der Waals surface area contributed by atoms with Gasteiger partial charge in [-0.3, -0.25) is 9.59 Å². The zero-order valence-electron chi connectivity index (χ0n) is 15.2. The van der Waals surface area contributed by atoms with Crippen LogP contribution in [-0.4, -0.2) is 41.5 Å². The Balaban J connectivity index is 1.81. The Morgan fingerprint density at radius 3 is 2.50 bits per heavy atom. The summed E-state index contributed by atoms with van der Waals surface area (Å²) in [7, 11) is 0. The quantitative estimate of drug-likeness (QED) is 0.867. The van der Waals surface area contributed by atoms with E-state index in [0.29, 0.717) is 37.6 Å². The number of carbonyl (C=O) groups is 2. The van der Waals surface area contributed by atoms with Crippen molar-refractivity contribution in [3.63, 3.8) is 0 Å². The van der Waals surface area contributed by atoms with Gasteiger partial charge >= 0.3 is 0 Å². The van der Waals surface area contributed by atoms with Gasteiger partial charge in [-0.05, 0) is 31.1 Å². The molecule has 1 aromatic rings. The molecule has 2 amide bonds. The monoisotopic (exact) mass is 335 g/mol. The normalized spacial score (nSPS) is 16.0. The van der Waals surface area contributed by atoms with Crippen LogP contribution in [0.4, 0.5) is 0 Å². The smallest absolute Gasteiger partial charge is 0.292 e. The van der Waals surface area contributed by atoms with E-state index in [0.717, 1.165) is 18.7 Å². The zero-order chi connectivity index (χ0) is 17.7. The summed E-state index contributed by atoms with van der Waals surface area (Å²) in [5.74, 6) is 1.09. The van der Waals surface area contributed by atoms with Crippen molar-refractivity contribution in [2.45, 2.75) is 52.9 Å². The fraction of sp³-hybridized carbons (Fsp3) is 0.722. The molecule has 1 aromatic heterocycles. The Bertz CT molecular complexity index is 558. The highest BCUT2D eigenvalue weighted by Crippen LogP contribution is 2.21. The molecule has 1 aliphatic rings. The van der Waals surface area contributed by atoms with Gasteiger partial charge in [-0.2, -0.15) is 0 Å². The van der Waals surface area contributed by atoms with Crippen LogP contribution < -0.4 is 5.32 Å². The first-order valence-electron chi connectivity index (χ1n) is 8.92. The highest BCUT2D eigenvalue weighted by molar-refractivity contribution is 5.91. The summed E-state index contributed by atoms with van der Waals surface area (Å²) >= 11 is 0. The average molecular weight is 335 g/mol. The fourth-order valence-corrected chi connectivity index (χ4v) is 2.79. The Morgan fingerprint density at radius 1 is 1.29 bits per heavy atom. The first-order valence-corrected chi connectivity index (χ1v) is 8.92. The van der Waals surface area contributed by atoms with Crippen molar-refractivity contribution in [3.8, 4) is 0 Å². The standard InChI is InChI=1S/C18H29N3O3/c1-12(2)5-8-19-17(22)14-6-9-21(10-7-14)18(23)16-11-15(13(3)4)20-24-16/h11-14H,5-10H2,1-4H3,(H,19,22). The van der Waals surface area contributed by atoms with Gasteiger partial charge in [0.15, 0.2) is 0 Å². The summed E-state index contributed by atoms with van der Waals surface area (Å²) in [4.78, 5) is 26.4. The van der Waals surface area contributed by atoms with Crippen molar-refractivity contribution in [2.75, 3.05) is 19.6 Å². The van der Waals surface area contributed by atoms with Gasteiger partial charge in [-0.1, -0.05) is 32.9 Å². The molecule has 1 N–H and O–H groups in total. The summed E-state index contributed by atoms with van der Waals surface area (Å²) in [6.07, 6.45) is 2.39. The SMILES string of the molecule is CC(C)CCNC(=O)C1CCN(C(=O)c2cc(C(C)C)no2)CC1. The van der Waals surface area contributed by atoms with Crippen molar-refractivity contribution in [2.24, 2.45) is 11.8 Å². The third-order valence-corrected chi connectivity index (χ3v) is 4.50. The van der Waals surface area contributed by atoms with Crippen LogP contribution in [0.25, 0.3) is 0 Å². The zero-order valence-corrected chi connectivity index (χ0v) is 15.2. The Labute approximate surface area is 143 Å². The van der Waals surface area contributed by atoms with Crippen LogP contribution in [0.15, 0.2) is 10.6 Å². The maximum atomic E-state index is 12.5. The molecule has 2 heterocycles. The number of hydrogen-bond acceptors (Lipinski definition) is 4. The van der Waals surface area contributed by atoms with Gasteiger partial charge in [0.2, 0.25) is 11.7 Å². The molecule has 0 spiro atoms. The van der Waals surface area contributed by atoms with Gasteiger partial charge in [0.25, 0.3) is 5.91 Å². The van der Waals surface area contributed by atoms with Crippen LogP contribution in [0, 0.1) is 11.8 Å². The van der Waals surface area contributed by atoms with Gasteiger partial charge in [-0.15, -0.1) is 0 Å². The van der Waals surface area contributed by atoms with Crippen molar-refractivity contribution < 1.29 is 14.1 Å². The van der Waals surface area contributed by atoms with Gasteiger partial charge in [0, 0.05) is 31.6 Å². The van der Waals surface area contributed by atoms with Crippen molar-refractivity contribution in [1.29, 1.82) is 0 Å². The first-order chi connectivity index (χ1) is 11.4. The maximum Gasteiger partial charge on any atom is 0.292 e. The summed E-state index contributed by atoms with van der Waals surface area (Å²) in [6.45, 7) is 10.2. The number of hydrogen-bond donors (Lipinski definition) is 1. The molecule has 2 rings (SSSR count). The van der Waals surface area contributed by atoms with E-state index in [-0.39, 0.29) is 23.7 Å². The lowest BCUT2D eigenvalue weighted by Gasteiger charge is -2.30. The van der Waals surface area contributed by atoms with Gasteiger partial charge in [0.05, 0.1) is 5.69 Å². The van der Waals surface area contributed by atoms with Crippen LogP contribution in [0.1, 0.15) is 69.1 Å². The van der Waals surface area contributed by atoms with Gasteiger partial charge < -0.3 is 14.7 Å². The van der Waals surface area contributed by atoms with E-state index in [1.807, 2.05) is 13.8 Å². The lowest BCUT2D eigenvalue weighted by atomic mass is 9.95. The molecular weight excluding hydrogens is 306 g/mol. The number of aromatic nitrogens is 1. The summed E-state index contributed by atoms with van der Waals surface area (Å²) in [5, 5.41) is 6.94. The Kier molecular flexibility index (Phi) is 6.40. The molecule has 134 valence electrons. The molecular formula is C18H29N3O3. The highest BCUT2D eigenvalue weighted by Gasteiger charge is 2.29. The van der Waals surface area contributed by atoms with E-state index in [1.54, 1.807) is 11.0 Å². The number of nitrogens with zero attached hydrogens (tertiary/aromatic N) is 2. The van der Waals surface area contributed by atoms with E-state index in [1.165, 1.54) is 0 Å². The lowest BCUT2D eigenvalue weighted by molar-refractivity contribution is -0.126.